The third kappa shape index (κ3) is 4.66. The molecule has 0 unspecified atom stereocenters. The lowest BCUT2D eigenvalue weighted by atomic mass is 10.1. The average molecular weight is 334 g/mol. The maximum atomic E-state index is 11.9. The van der Waals surface area contributed by atoms with Crippen molar-refractivity contribution in [3.05, 3.63) is 58.1 Å². The highest BCUT2D eigenvalue weighted by molar-refractivity contribution is 6.42. The first-order valence-corrected chi connectivity index (χ1v) is 7.29. The largest absolute Gasteiger partial charge is 0.376 e. The molecule has 1 amide bonds. The molecular weight excluding hydrogens is 321 g/mol. The van der Waals surface area contributed by atoms with Crippen LogP contribution in [-0.4, -0.2) is 12.5 Å². The van der Waals surface area contributed by atoms with Crippen LogP contribution in [0.15, 0.2) is 42.5 Å². The Bertz CT molecular complexity index is 708. The van der Waals surface area contributed by atoms with E-state index < -0.39 is 0 Å². The minimum absolute atomic E-state index is 0.109. The minimum atomic E-state index is -0.181. The number of halogens is 2. The van der Waals surface area contributed by atoms with E-state index in [0.29, 0.717) is 27.8 Å². The Hall–Kier alpha value is -2.22. The van der Waals surface area contributed by atoms with E-state index in [9.17, 15) is 4.79 Å². The molecule has 0 radical (unpaired) electrons. The van der Waals surface area contributed by atoms with Crippen LogP contribution in [0.1, 0.15) is 5.56 Å². The number of nitrogens with zero attached hydrogens (tertiary/aromatic N) is 1. The monoisotopic (exact) mass is 333 g/mol. The van der Waals surface area contributed by atoms with Crippen LogP contribution >= 0.6 is 23.2 Å². The third-order valence-electron chi connectivity index (χ3n) is 2.89. The number of nitrogens with one attached hydrogen (secondary N) is 2. The predicted octanol–water partition coefficient (Wildman–Crippen LogP) is 4.11. The van der Waals surface area contributed by atoms with Gasteiger partial charge in [-0.3, -0.25) is 4.79 Å². The van der Waals surface area contributed by atoms with E-state index in [1.807, 2.05) is 12.1 Å². The van der Waals surface area contributed by atoms with Crippen LogP contribution in [0.4, 0.5) is 11.4 Å². The van der Waals surface area contributed by atoms with Crippen molar-refractivity contribution in [1.82, 2.24) is 0 Å². The zero-order chi connectivity index (χ0) is 15.9. The Labute approximate surface area is 138 Å². The summed E-state index contributed by atoms with van der Waals surface area (Å²) in [5.74, 6) is -0.181. The van der Waals surface area contributed by atoms with Gasteiger partial charge < -0.3 is 10.6 Å². The van der Waals surface area contributed by atoms with E-state index in [1.165, 1.54) is 0 Å². The average Bonchev–Trinajstić information content (AvgIpc) is 2.51. The predicted molar refractivity (Wildman–Crippen MR) is 89.3 cm³/mol. The van der Waals surface area contributed by atoms with E-state index in [0.717, 1.165) is 5.56 Å². The molecule has 0 bridgehead atoms. The molecule has 0 heterocycles. The van der Waals surface area contributed by atoms with Crippen LogP contribution in [0, 0.1) is 11.3 Å². The Morgan fingerprint density at radius 3 is 2.36 bits per heavy atom. The van der Waals surface area contributed by atoms with Gasteiger partial charge >= 0.3 is 0 Å². The van der Waals surface area contributed by atoms with E-state index in [4.69, 9.17) is 28.5 Å². The molecule has 0 saturated heterocycles. The third-order valence-corrected chi connectivity index (χ3v) is 3.63. The number of nitriles is 1. The summed E-state index contributed by atoms with van der Waals surface area (Å²) < 4.78 is 0. The Morgan fingerprint density at radius 2 is 1.73 bits per heavy atom. The van der Waals surface area contributed by atoms with E-state index in [1.54, 1.807) is 30.3 Å². The second-order valence-corrected chi connectivity index (χ2v) is 5.38. The molecule has 0 fully saturated rings. The summed E-state index contributed by atoms with van der Waals surface area (Å²) in [6.45, 7) is 0.109. The summed E-state index contributed by atoms with van der Waals surface area (Å²) in [6.07, 6.45) is 0.354. The standard InChI is InChI=1S/C16H13Cl2N3O/c17-14-6-5-13(9-15(14)18)20-10-16(22)21-12-3-1-11(2-4-12)7-8-19/h1-6,9,20H,7,10H2,(H,21,22). The lowest BCUT2D eigenvalue weighted by molar-refractivity contribution is -0.114. The van der Waals surface area contributed by atoms with Gasteiger partial charge in [0.1, 0.15) is 0 Å². The van der Waals surface area contributed by atoms with E-state index >= 15 is 0 Å². The topological polar surface area (TPSA) is 64.9 Å². The molecule has 0 aliphatic heterocycles. The van der Waals surface area contributed by atoms with Crippen molar-refractivity contribution in [1.29, 1.82) is 5.26 Å². The van der Waals surface area contributed by atoms with Gasteiger partial charge in [0.05, 0.1) is 29.1 Å². The van der Waals surface area contributed by atoms with Crippen LogP contribution in [0.3, 0.4) is 0 Å². The fraction of sp³-hybridized carbons (Fsp3) is 0.125. The molecule has 6 heteroatoms. The molecule has 22 heavy (non-hydrogen) atoms. The number of hydrogen-bond donors (Lipinski definition) is 2. The number of anilines is 2. The van der Waals surface area contributed by atoms with Crippen molar-refractivity contribution >= 4 is 40.5 Å². The summed E-state index contributed by atoms with van der Waals surface area (Å²) in [7, 11) is 0. The van der Waals surface area contributed by atoms with E-state index in [2.05, 4.69) is 16.7 Å². The van der Waals surface area contributed by atoms with Crippen molar-refractivity contribution in [3.63, 3.8) is 0 Å². The van der Waals surface area contributed by atoms with Crippen molar-refractivity contribution in [2.24, 2.45) is 0 Å². The number of carbonyl (C=O) groups is 1. The SMILES string of the molecule is N#CCc1ccc(NC(=O)CNc2ccc(Cl)c(Cl)c2)cc1. The summed E-state index contributed by atoms with van der Waals surface area (Å²) >= 11 is 11.7. The van der Waals surface area contributed by atoms with Gasteiger partial charge in [-0.2, -0.15) is 5.26 Å². The molecule has 0 aliphatic carbocycles. The Kier molecular flexibility index (Phi) is 5.65. The first kappa shape index (κ1) is 16.2. The molecule has 2 N–H and O–H groups in total. The van der Waals surface area contributed by atoms with Crippen LogP contribution in [0.5, 0.6) is 0 Å². The summed E-state index contributed by atoms with van der Waals surface area (Å²) in [6, 6.07) is 14.3. The van der Waals surface area contributed by atoms with Gasteiger partial charge in [-0.25, -0.2) is 0 Å². The van der Waals surface area contributed by atoms with Gasteiger partial charge in [0.15, 0.2) is 0 Å². The maximum absolute atomic E-state index is 11.9. The molecule has 2 aromatic carbocycles. The second kappa shape index (κ2) is 7.69. The molecule has 112 valence electrons. The van der Waals surface area contributed by atoms with Gasteiger partial charge in [0.25, 0.3) is 0 Å². The molecule has 2 rings (SSSR count). The van der Waals surface area contributed by atoms with Crippen LogP contribution in [0.2, 0.25) is 10.0 Å². The van der Waals surface area contributed by atoms with Crippen molar-refractivity contribution in [2.45, 2.75) is 6.42 Å². The maximum Gasteiger partial charge on any atom is 0.243 e. The van der Waals surface area contributed by atoms with Crippen LogP contribution < -0.4 is 10.6 Å². The Balaban J connectivity index is 1.87. The zero-order valence-corrected chi connectivity index (χ0v) is 13.1. The molecule has 0 saturated carbocycles. The number of hydrogen-bond acceptors (Lipinski definition) is 3. The molecule has 0 atom stereocenters. The van der Waals surface area contributed by atoms with Crippen molar-refractivity contribution in [2.75, 3.05) is 17.2 Å². The van der Waals surface area contributed by atoms with Crippen LogP contribution in [0.25, 0.3) is 0 Å². The summed E-state index contributed by atoms with van der Waals surface area (Å²) in [5, 5.41) is 15.2. The van der Waals surface area contributed by atoms with Crippen molar-refractivity contribution < 1.29 is 4.79 Å². The second-order valence-electron chi connectivity index (χ2n) is 4.56. The summed E-state index contributed by atoms with van der Waals surface area (Å²) in [5.41, 5.74) is 2.31. The first-order valence-electron chi connectivity index (χ1n) is 6.53. The van der Waals surface area contributed by atoms with Gasteiger partial charge in [-0.15, -0.1) is 0 Å². The lowest BCUT2D eigenvalue weighted by Gasteiger charge is -2.09. The molecule has 0 spiro atoms. The zero-order valence-electron chi connectivity index (χ0n) is 11.6. The minimum Gasteiger partial charge on any atom is -0.376 e. The number of benzene rings is 2. The Morgan fingerprint density at radius 1 is 1.05 bits per heavy atom. The fourth-order valence-electron chi connectivity index (χ4n) is 1.79. The van der Waals surface area contributed by atoms with Crippen LogP contribution in [-0.2, 0) is 11.2 Å². The van der Waals surface area contributed by atoms with Crippen molar-refractivity contribution in [3.8, 4) is 6.07 Å². The number of rotatable bonds is 5. The normalized spacial score (nSPS) is 9.86. The molecule has 0 aliphatic rings. The van der Waals surface area contributed by atoms with E-state index in [-0.39, 0.29) is 12.5 Å². The molecular formula is C16H13Cl2N3O. The number of amides is 1. The van der Waals surface area contributed by atoms with Gasteiger partial charge in [-0.1, -0.05) is 35.3 Å². The highest BCUT2D eigenvalue weighted by Crippen LogP contribution is 2.24. The quantitative estimate of drug-likeness (QED) is 0.865. The molecule has 0 aromatic heterocycles. The molecule has 2 aromatic rings. The fourth-order valence-corrected chi connectivity index (χ4v) is 2.09. The lowest BCUT2D eigenvalue weighted by Crippen LogP contribution is -2.21. The molecule has 4 nitrogen and oxygen atoms in total. The number of carbonyl (C=O) groups excluding carboxylic acids is 1. The van der Waals surface area contributed by atoms with Gasteiger partial charge in [0.2, 0.25) is 5.91 Å². The highest BCUT2D eigenvalue weighted by atomic mass is 35.5. The highest BCUT2D eigenvalue weighted by Gasteiger charge is 2.04. The van der Waals surface area contributed by atoms with Gasteiger partial charge in [0, 0.05) is 11.4 Å². The van der Waals surface area contributed by atoms with Gasteiger partial charge in [-0.05, 0) is 35.9 Å². The summed E-state index contributed by atoms with van der Waals surface area (Å²) in [4.78, 5) is 11.9. The smallest absolute Gasteiger partial charge is 0.243 e. The first-order chi connectivity index (χ1) is 10.6.